The molecule has 1 aromatic carbocycles. The molecule has 1 atom stereocenters. The van der Waals surface area contributed by atoms with E-state index in [1.165, 1.54) is 11.1 Å². The Morgan fingerprint density at radius 3 is 2.80 bits per heavy atom. The van der Waals surface area contributed by atoms with Gasteiger partial charge >= 0.3 is 0 Å². The summed E-state index contributed by atoms with van der Waals surface area (Å²) in [6.07, 6.45) is 3.01. The van der Waals surface area contributed by atoms with Gasteiger partial charge in [0.25, 0.3) is 0 Å². The van der Waals surface area contributed by atoms with Gasteiger partial charge in [-0.25, -0.2) is 9.97 Å². The van der Waals surface area contributed by atoms with Crippen molar-refractivity contribution in [2.45, 2.75) is 38.4 Å². The van der Waals surface area contributed by atoms with Crippen molar-refractivity contribution in [2.24, 2.45) is 0 Å². The number of benzene rings is 1. The molecule has 1 aromatic heterocycles. The molecule has 2 aliphatic rings. The second kappa shape index (κ2) is 7.28. The third kappa shape index (κ3) is 3.50. The Hall–Kier alpha value is -1.69. The van der Waals surface area contributed by atoms with Crippen molar-refractivity contribution in [3.63, 3.8) is 0 Å². The van der Waals surface area contributed by atoms with E-state index in [9.17, 15) is 5.11 Å². The topological polar surface area (TPSA) is 52.5 Å². The van der Waals surface area contributed by atoms with E-state index in [1.54, 1.807) is 0 Å². The molecule has 25 heavy (non-hydrogen) atoms. The molecular weight excluding hydrogens is 336 g/mol. The van der Waals surface area contributed by atoms with E-state index in [2.05, 4.69) is 44.0 Å². The molecular formula is C19H23ClN4O. The van der Waals surface area contributed by atoms with Crippen LogP contribution in [-0.2, 0) is 19.5 Å². The smallest absolute Gasteiger partial charge is 0.224 e. The molecule has 132 valence electrons. The van der Waals surface area contributed by atoms with Crippen LogP contribution in [0.3, 0.4) is 0 Å². The fraction of sp³-hybridized carbons (Fsp3) is 0.474. The third-order valence-electron chi connectivity index (χ3n) is 5.20. The molecule has 0 spiro atoms. The first-order chi connectivity index (χ1) is 12.2. The van der Waals surface area contributed by atoms with Crippen molar-refractivity contribution in [2.75, 3.05) is 24.6 Å². The first-order valence-electron chi connectivity index (χ1n) is 8.93. The standard InChI is InChI=1S/C19H23ClN4O/c20-19-21-17-12-23(11-14-5-2-1-3-6-14)10-8-16(17)18(22-19)24-9-4-7-15(24)13-25/h1-3,5-6,15,25H,4,7-13H2/t15-/m0/s1. The van der Waals surface area contributed by atoms with Crippen LogP contribution in [-0.4, -0.2) is 45.7 Å². The summed E-state index contributed by atoms with van der Waals surface area (Å²) >= 11 is 6.23. The minimum atomic E-state index is 0.150. The molecule has 5 nitrogen and oxygen atoms in total. The van der Waals surface area contributed by atoms with Crippen molar-refractivity contribution in [1.82, 2.24) is 14.9 Å². The van der Waals surface area contributed by atoms with E-state index in [-0.39, 0.29) is 12.6 Å². The van der Waals surface area contributed by atoms with Gasteiger partial charge in [0.1, 0.15) is 5.82 Å². The Labute approximate surface area is 153 Å². The first kappa shape index (κ1) is 16.8. The Morgan fingerprint density at radius 1 is 1.16 bits per heavy atom. The van der Waals surface area contributed by atoms with E-state index >= 15 is 0 Å². The van der Waals surface area contributed by atoms with Crippen molar-refractivity contribution in [1.29, 1.82) is 0 Å². The van der Waals surface area contributed by atoms with Gasteiger partial charge in [-0.1, -0.05) is 30.3 Å². The summed E-state index contributed by atoms with van der Waals surface area (Å²) in [6, 6.07) is 10.7. The largest absolute Gasteiger partial charge is 0.394 e. The van der Waals surface area contributed by atoms with Crippen molar-refractivity contribution in [3.8, 4) is 0 Å². The molecule has 1 N–H and O–H groups in total. The van der Waals surface area contributed by atoms with Crippen LogP contribution in [0, 0.1) is 0 Å². The number of aromatic nitrogens is 2. The summed E-state index contributed by atoms with van der Waals surface area (Å²) in [4.78, 5) is 13.7. The highest BCUT2D eigenvalue weighted by atomic mass is 35.5. The highest BCUT2D eigenvalue weighted by Crippen LogP contribution is 2.32. The van der Waals surface area contributed by atoms with E-state index in [4.69, 9.17) is 11.6 Å². The second-order valence-corrected chi connectivity index (χ2v) is 7.20. The van der Waals surface area contributed by atoms with Gasteiger partial charge in [0.05, 0.1) is 18.3 Å². The van der Waals surface area contributed by atoms with Crippen LogP contribution in [0.25, 0.3) is 0 Å². The average Bonchev–Trinajstić information content (AvgIpc) is 3.10. The monoisotopic (exact) mass is 358 g/mol. The summed E-state index contributed by atoms with van der Waals surface area (Å²) in [5.41, 5.74) is 3.54. The van der Waals surface area contributed by atoms with Crippen LogP contribution in [0.4, 0.5) is 5.82 Å². The van der Waals surface area contributed by atoms with Crippen LogP contribution < -0.4 is 4.90 Å². The SMILES string of the molecule is OC[C@@H]1CCCN1c1nc(Cl)nc2c1CCN(Cc1ccccc1)C2. The van der Waals surface area contributed by atoms with Gasteiger partial charge in [0, 0.05) is 31.7 Å². The number of hydrogen-bond acceptors (Lipinski definition) is 5. The number of hydrogen-bond donors (Lipinski definition) is 1. The normalized spacial score (nSPS) is 20.7. The lowest BCUT2D eigenvalue weighted by atomic mass is 10.0. The number of anilines is 1. The van der Waals surface area contributed by atoms with E-state index in [0.717, 1.165) is 57.0 Å². The zero-order chi connectivity index (χ0) is 17.2. The van der Waals surface area contributed by atoms with Crippen molar-refractivity contribution in [3.05, 3.63) is 52.4 Å². The Kier molecular flexibility index (Phi) is 4.88. The number of rotatable bonds is 4. The zero-order valence-electron chi connectivity index (χ0n) is 14.2. The van der Waals surface area contributed by atoms with Gasteiger partial charge in [0.15, 0.2) is 0 Å². The van der Waals surface area contributed by atoms with Crippen molar-refractivity contribution < 1.29 is 5.11 Å². The molecule has 0 aliphatic carbocycles. The number of nitrogens with zero attached hydrogens (tertiary/aromatic N) is 4. The van der Waals surface area contributed by atoms with Crippen LogP contribution >= 0.6 is 11.6 Å². The minimum absolute atomic E-state index is 0.150. The number of aliphatic hydroxyl groups is 1. The zero-order valence-corrected chi connectivity index (χ0v) is 15.0. The molecule has 2 aromatic rings. The molecule has 0 bridgehead atoms. The van der Waals surface area contributed by atoms with Crippen LogP contribution in [0.2, 0.25) is 5.28 Å². The summed E-state index contributed by atoms with van der Waals surface area (Å²) in [7, 11) is 0. The molecule has 1 saturated heterocycles. The molecule has 0 amide bonds. The molecule has 0 radical (unpaired) electrons. The lowest BCUT2D eigenvalue weighted by Gasteiger charge is -2.32. The Bertz CT molecular complexity index is 740. The van der Waals surface area contributed by atoms with E-state index < -0.39 is 0 Å². The van der Waals surface area contributed by atoms with Gasteiger partial charge in [-0.05, 0) is 36.4 Å². The van der Waals surface area contributed by atoms with Gasteiger partial charge in [-0.15, -0.1) is 0 Å². The predicted molar refractivity (Wildman–Crippen MR) is 98.8 cm³/mol. The van der Waals surface area contributed by atoms with E-state index in [1.807, 2.05) is 6.07 Å². The first-order valence-corrected chi connectivity index (χ1v) is 9.31. The maximum atomic E-state index is 9.65. The minimum Gasteiger partial charge on any atom is -0.394 e. The molecule has 3 heterocycles. The number of aliphatic hydroxyl groups excluding tert-OH is 1. The average molecular weight is 359 g/mol. The lowest BCUT2D eigenvalue weighted by molar-refractivity contribution is 0.240. The lowest BCUT2D eigenvalue weighted by Crippen LogP contribution is -2.37. The van der Waals surface area contributed by atoms with Gasteiger partial charge < -0.3 is 10.0 Å². The van der Waals surface area contributed by atoms with Gasteiger partial charge in [0.2, 0.25) is 5.28 Å². The number of fused-ring (bicyclic) bond motifs is 1. The molecule has 0 saturated carbocycles. The predicted octanol–water partition coefficient (Wildman–Crippen LogP) is 2.65. The van der Waals surface area contributed by atoms with Crippen molar-refractivity contribution >= 4 is 17.4 Å². The summed E-state index contributed by atoms with van der Waals surface area (Å²) in [5, 5.41) is 9.96. The third-order valence-corrected chi connectivity index (χ3v) is 5.37. The molecule has 4 rings (SSSR count). The highest BCUT2D eigenvalue weighted by molar-refractivity contribution is 6.28. The number of halogens is 1. The van der Waals surface area contributed by atoms with Crippen LogP contribution in [0.1, 0.15) is 29.7 Å². The summed E-state index contributed by atoms with van der Waals surface area (Å²) in [5.74, 6) is 0.936. The molecule has 6 heteroatoms. The Morgan fingerprint density at radius 2 is 2.00 bits per heavy atom. The quantitative estimate of drug-likeness (QED) is 0.851. The molecule has 1 fully saturated rings. The fourth-order valence-electron chi connectivity index (χ4n) is 3.95. The van der Waals surface area contributed by atoms with Gasteiger partial charge in [-0.2, -0.15) is 0 Å². The highest BCUT2D eigenvalue weighted by Gasteiger charge is 2.30. The molecule has 0 unspecified atom stereocenters. The van der Waals surface area contributed by atoms with Gasteiger partial charge in [-0.3, -0.25) is 4.90 Å². The Balaban J connectivity index is 1.58. The van der Waals surface area contributed by atoms with E-state index in [0.29, 0.717) is 5.28 Å². The van der Waals surface area contributed by atoms with Crippen LogP contribution in [0.5, 0.6) is 0 Å². The summed E-state index contributed by atoms with van der Waals surface area (Å²) < 4.78 is 0. The second-order valence-electron chi connectivity index (χ2n) is 6.86. The molecule has 2 aliphatic heterocycles. The maximum absolute atomic E-state index is 9.65. The summed E-state index contributed by atoms with van der Waals surface area (Å²) in [6.45, 7) is 3.78. The van der Waals surface area contributed by atoms with Crippen LogP contribution in [0.15, 0.2) is 30.3 Å². The fourth-order valence-corrected chi connectivity index (χ4v) is 4.14. The maximum Gasteiger partial charge on any atom is 0.224 e.